The predicted molar refractivity (Wildman–Crippen MR) is 68.3 cm³/mol. The van der Waals surface area contributed by atoms with Crippen LogP contribution in [0.25, 0.3) is 0 Å². The second kappa shape index (κ2) is 7.42. The Morgan fingerprint density at radius 2 is 1.94 bits per heavy atom. The summed E-state index contributed by atoms with van der Waals surface area (Å²) in [7, 11) is 0. The van der Waals surface area contributed by atoms with Crippen molar-refractivity contribution < 1.29 is 5.11 Å². The number of hydrogen-bond donors (Lipinski definition) is 1. The molecule has 2 heteroatoms. The highest BCUT2D eigenvalue weighted by Gasteiger charge is 2.12. The maximum atomic E-state index is 9.09. The average Bonchev–Trinajstić information content (AvgIpc) is 2.30. The van der Waals surface area contributed by atoms with E-state index in [1.54, 1.807) is 0 Å². The summed E-state index contributed by atoms with van der Waals surface area (Å²) < 4.78 is 0. The Hall–Kier alpha value is -0.860. The molecule has 1 rings (SSSR count). The van der Waals surface area contributed by atoms with Crippen LogP contribution in [0.4, 0.5) is 0 Å². The molecule has 2 nitrogen and oxygen atoms in total. The molecule has 1 atom stereocenters. The highest BCUT2D eigenvalue weighted by Crippen LogP contribution is 2.11. The van der Waals surface area contributed by atoms with Crippen LogP contribution < -0.4 is 0 Å². The quantitative estimate of drug-likeness (QED) is 0.765. The van der Waals surface area contributed by atoms with Crippen molar-refractivity contribution in [1.82, 2.24) is 4.90 Å². The van der Waals surface area contributed by atoms with Crippen LogP contribution in [0.1, 0.15) is 32.3 Å². The third-order valence-electron chi connectivity index (χ3n) is 2.95. The lowest BCUT2D eigenvalue weighted by Gasteiger charge is -2.28. The van der Waals surface area contributed by atoms with Crippen molar-refractivity contribution in [1.29, 1.82) is 0 Å². The van der Waals surface area contributed by atoms with E-state index in [1.807, 2.05) is 6.07 Å². The van der Waals surface area contributed by atoms with E-state index in [9.17, 15) is 0 Å². The molecule has 0 aliphatic carbocycles. The lowest BCUT2D eigenvalue weighted by atomic mass is 10.1. The minimum Gasteiger partial charge on any atom is -0.395 e. The zero-order valence-electron chi connectivity index (χ0n) is 10.4. The summed E-state index contributed by atoms with van der Waals surface area (Å²) >= 11 is 0. The zero-order chi connectivity index (χ0) is 11.8. The number of nitrogens with zero attached hydrogens (tertiary/aromatic N) is 1. The van der Waals surface area contributed by atoms with E-state index in [0.29, 0.717) is 6.04 Å². The summed E-state index contributed by atoms with van der Waals surface area (Å²) in [6, 6.07) is 11.0. The Bertz CT molecular complexity index is 273. The molecular formula is C14H23NO. The van der Waals surface area contributed by atoms with Crippen molar-refractivity contribution in [3.8, 4) is 0 Å². The van der Waals surface area contributed by atoms with Crippen LogP contribution >= 0.6 is 0 Å². The lowest BCUT2D eigenvalue weighted by molar-refractivity contribution is 0.145. The molecule has 0 radical (unpaired) electrons. The number of benzene rings is 1. The third-order valence-corrected chi connectivity index (χ3v) is 2.95. The van der Waals surface area contributed by atoms with Gasteiger partial charge in [0.25, 0.3) is 0 Å². The summed E-state index contributed by atoms with van der Waals surface area (Å²) in [5.41, 5.74) is 1.32. The van der Waals surface area contributed by atoms with Gasteiger partial charge >= 0.3 is 0 Å². The number of aliphatic hydroxyl groups excluding tert-OH is 1. The van der Waals surface area contributed by atoms with Gasteiger partial charge in [0.05, 0.1) is 6.61 Å². The Labute approximate surface area is 98.9 Å². The molecular weight excluding hydrogens is 198 g/mol. The molecule has 1 N–H and O–H groups in total. The molecule has 90 valence electrons. The average molecular weight is 221 g/mol. The number of aliphatic hydroxyl groups is 1. The molecule has 0 aliphatic rings. The van der Waals surface area contributed by atoms with Crippen molar-refractivity contribution >= 4 is 0 Å². The van der Waals surface area contributed by atoms with Crippen LogP contribution in [0.3, 0.4) is 0 Å². The number of hydrogen-bond acceptors (Lipinski definition) is 2. The van der Waals surface area contributed by atoms with Crippen molar-refractivity contribution in [2.24, 2.45) is 0 Å². The molecule has 0 aliphatic heterocycles. The van der Waals surface area contributed by atoms with Crippen LogP contribution in [-0.2, 0) is 6.54 Å². The van der Waals surface area contributed by atoms with Gasteiger partial charge in [0, 0.05) is 19.1 Å². The Balaban J connectivity index is 2.57. The van der Waals surface area contributed by atoms with Crippen molar-refractivity contribution in [2.75, 3.05) is 13.2 Å². The van der Waals surface area contributed by atoms with E-state index in [0.717, 1.165) is 13.1 Å². The Morgan fingerprint density at radius 3 is 2.50 bits per heavy atom. The van der Waals surface area contributed by atoms with Crippen LogP contribution in [0.15, 0.2) is 30.3 Å². The van der Waals surface area contributed by atoms with E-state index in [4.69, 9.17) is 5.11 Å². The van der Waals surface area contributed by atoms with Crippen LogP contribution in [0, 0.1) is 0 Å². The van der Waals surface area contributed by atoms with E-state index in [1.165, 1.54) is 18.4 Å². The smallest absolute Gasteiger partial charge is 0.0558 e. The van der Waals surface area contributed by atoms with Gasteiger partial charge in [-0.25, -0.2) is 0 Å². The standard InChI is InChI=1S/C14H23NO/c1-3-7-13(2)15(10-11-16)12-14-8-5-4-6-9-14/h4-6,8-9,13,16H,3,7,10-12H2,1-2H3. The van der Waals surface area contributed by atoms with E-state index in [-0.39, 0.29) is 6.61 Å². The molecule has 0 aromatic heterocycles. The van der Waals surface area contributed by atoms with Crippen LogP contribution in [0.2, 0.25) is 0 Å². The normalized spacial score (nSPS) is 13.0. The van der Waals surface area contributed by atoms with Crippen LogP contribution in [-0.4, -0.2) is 29.2 Å². The molecule has 1 aromatic carbocycles. The first-order valence-electron chi connectivity index (χ1n) is 6.16. The first-order chi connectivity index (χ1) is 7.77. The maximum absolute atomic E-state index is 9.09. The molecule has 16 heavy (non-hydrogen) atoms. The molecule has 0 saturated heterocycles. The second-order valence-corrected chi connectivity index (χ2v) is 4.32. The van der Waals surface area contributed by atoms with Gasteiger partial charge in [0.2, 0.25) is 0 Å². The van der Waals surface area contributed by atoms with E-state index >= 15 is 0 Å². The van der Waals surface area contributed by atoms with E-state index < -0.39 is 0 Å². The monoisotopic (exact) mass is 221 g/mol. The zero-order valence-corrected chi connectivity index (χ0v) is 10.4. The molecule has 0 spiro atoms. The minimum atomic E-state index is 0.237. The van der Waals surface area contributed by atoms with Gasteiger partial charge < -0.3 is 5.11 Å². The second-order valence-electron chi connectivity index (χ2n) is 4.32. The van der Waals surface area contributed by atoms with Gasteiger partial charge in [-0.1, -0.05) is 43.7 Å². The fourth-order valence-corrected chi connectivity index (χ4v) is 2.00. The van der Waals surface area contributed by atoms with Gasteiger partial charge in [-0.15, -0.1) is 0 Å². The molecule has 0 amide bonds. The van der Waals surface area contributed by atoms with Gasteiger partial charge in [0.1, 0.15) is 0 Å². The number of rotatable bonds is 7. The predicted octanol–water partition coefficient (Wildman–Crippen LogP) is 2.67. The van der Waals surface area contributed by atoms with Crippen LogP contribution in [0.5, 0.6) is 0 Å². The fourth-order valence-electron chi connectivity index (χ4n) is 2.00. The van der Waals surface area contributed by atoms with Crippen molar-refractivity contribution in [3.05, 3.63) is 35.9 Å². The first kappa shape index (κ1) is 13.2. The molecule has 0 saturated carbocycles. The Morgan fingerprint density at radius 1 is 1.25 bits per heavy atom. The topological polar surface area (TPSA) is 23.5 Å². The Kier molecular flexibility index (Phi) is 6.12. The summed E-state index contributed by atoms with van der Waals surface area (Å²) in [6.45, 7) is 6.37. The van der Waals surface area contributed by atoms with Gasteiger partial charge in [0.15, 0.2) is 0 Å². The van der Waals surface area contributed by atoms with Crippen molar-refractivity contribution in [2.45, 2.75) is 39.3 Å². The largest absolute Gasteiger partial charge is 0.395 e. The van der Waals surface area contributed by atoms with E-state index in [2.05, 4.69) is 43.0 Å². The highest BCUT2D eigenvalue weighted by atomic mass is 16.3. The van der Waals surface area contributed by atoms with Crippen molar-refractivity contribution in [3.63, 3.8) is 0 Å². The molecule has 1 unspecified atom stereocenters. The third kappa shape index (κ3) is 4.33. The molecule has 1 aromatic rings. The minimum absolute atomic E-state index is 0.237. The van der Waals surface area contributed by atoms with Gasteiger partial charge in [-0.3, -0.25) is 4.90 Å². The summed E-state index contributed by atoms with van der Waals surface area (Å²) in [5.74, 6) is 0. The summed E-state index contributed by atoms with van der Waals surface area (Å²) in [6.07, 6.45) is 2.38. The summed E-state index contributed by atoms with van der Waals surface area (Å²) in [4.78, 5) is 2.35. The molecule has 0 fully saturated rings. The maximum Gasteiger partial charge on any atom is 0.0558 e. The SMILES string of the molecule is CCCC(C)N(CCO)Cc1ccccc1. The fraction of sp³-hybridized carbons (Fsp3) is 0.571. The first-order valence-corrected chi connectivity index (χ1v) is 6.16. The van der Waals surface area contributed by atoms with Gasteiger partial charge in [-0.05, 0) is 18.9 Å². The summed E-state index contributed by atoms with van der Waals surface area (Å²) in [5, 5.41) is 9.09. The molecule has 0 bridgehead atoms. The van der Waals surface area contributed by atoms with Gasteiger partial charge in [-0.2, -0.15) is 0 Å². The highest BCUT2D eigenvalue weighted by molar-refractivity contribution is 5.14. The lowest BCUT2D eigenvalue weighted by Crippen LogP contribution is -2.34. The molecule has 0 heterocycles.